The smallest absolute Gasteiger partial charge is 0.321 e. The summed E-state index contributed by atoms with van der Waals surface area (Å²) in [5.41, 5.74) is 1.24. The van der Waals surface area contributed by atoms with Crippen molar-refractivity contribution in [1.29, 1.82) is 0 Å². The van der Waals surface area contributed by atoms with Gasteiger partial charge in [0.05, 0.1) is 5.37 Å². The van der Waals surface area contributed by atoms with E-state index in [2.05, 4.69) is 17.4 Å². The van der Waals surface area contributed by atoms with Crippen molar-refractivity contribution in [3.63, 3.8) is 0 Å². The van der Waals surface area contributed by atoms with Gasteiger partial charge >= 0.3 is 5.97 Å². The van der Waals surface area contributed by atoms with Gasteiger partial charge in [0.15, 0.2) is 0 Å². The molecule has 80 valence electrons. The van der Waals surface area contributed by atoms with Crippen LogP contribution in [0, 0.1) is 0 Å². The van der Waals surface area contributed by atoms with Crippen molar-refractivity contribution in [2.24, 2.45) is 0 Å². The molecule has 15 heavy (non-hydrogen) atoms. The zero-order chi connectivity index (χ0) is 10.7. The van der Waals surface area contributed by atoms with Crippen LogP contribution in [0.1, 0.15) is 5.56 Å². The van der Waals surface area contributed by atoms with E-state index in [1.807, 2.05) is 18.2 Å². The molecule has 0 aliphatic carbocycles. The summed E-state index contributed by atoms with van der Waals surface area (Å²) in [6.45, 7) is 0. The molecule has 1 aliphatic heterocycles. The van der Waals surface area contributed by atoms with Crippen molar-refractivity contribution in [3.8, 4) is 0 Å². The number of benzene rings is 1. The monoisotopic (exact) mass is 223 g/mol. The van der Waals surface area contributed by atoms with Gasteiger partial charge in [-0.15, -0.1) is 11.8 Å². The number of hydrogen-bond acceptors (Lipinski definition) is 3. The molecule has 2 rings (SSSR count). The van der Waals surface area contributed by atoms with Gasteiger partial charge in [-0.3, -0.25) is 10.1 Å². The summed E-state index contributed by atoms with van der Waals surface area (Å²) < 4.78 is 0. The van der Waals surface area contributed by atoms with Gasteiger partial charge in [-0.2, -0.15) is 0 Å². The molecule has 0 saturated carbocycles. The third kappa shape index (κ3) is 2.73. The summed E-state index contributed by atoms with van der Waals surface area (Å²) in [7, 11) is 0. The van der Waals surface area contributed by atoms with E-state index in [-0.39, 0.29) is 11.4 Å². The summed E-state index contributed by atoms with van der Waals surface area (Å²) >= 11 is 1.68. The number of hydrogen-bond donors (Lipinski definition) is 2. The van der Waals surface area contributed by atoms with Crippen LogP contribution in [0.25, 0.3) is 0 Å². The maximum atomic E-state index is 10.7. The molecule has 0 bridgehead atoms. The first-order chi connectivity index (χ1) is 7.25. The second-order valence-electron chi connectivity index (χ2n) is 3.57. The largest absolute Gasteiger partial charge is 0.480 e. The Morgan fingerprint density at radius 3 is 2.80 bits per heavy atom. The topological polar surface area (TPSA) is 49.3 Å². The SMILES string of the molecule is O=C(O)[C@@H]1CS[C@H](Cc2ccccc2)N1. The van der Waals surface area contributed by atoms with E-state index >= 15 is 0 Å². The molecule has 2 N–H and O–H groups in total. The van der Waals surface area contributed by atoms with Crippen molar-refractivity contribution >= 4 is 17.7 Å². The molecule has 2 atom stereocenters. The third-order valence-corrected chi connectivity index (χ3v) is 3.64. The van der Waals surface area contributed by atoms with Gasteiger partial charge in [-0.05, 0) is 12.0 Å². The normalized spacial score (nSPS) is 25.3. The van der Waals surface area contributed by atoms with E-state index in [1.54, 1.807) is 11.8 Å². The molecule has 1 aliphatic rings. The maximum absolute atomic E-state index is 10.7. The number of carbonyl (C=O) groups is 1. The first-order valence-electron chi connectivity index (χ1n) is 4.90. The van der Waals surface area contributed by atoms with E-state index in [0.29, 0.717) is 5.75 Å². The van der Waals surface area contributed by atoms with Crippen LogP contribution in [0.15, 0.2) is 30.3 Å². The second-order valence-corrected chi connectivity index (χ2v) is 4.80. The average Bonchev–Trinajstić information content (AvgIpc) is 2.68. The fourth-order valence-electron chi connectivity index (χ4n) is 1.62. The van der Waals surface area contributed by atoms with Crippen LogP contribution in [-0.4, -0.2) is 28.2 Å². The van der Waals surface area contributed by atoms with Crippen molar-refractivity contribution in [1.82, 2.24) is 5.32 Å². The van der Waals surface area contributed by atoms with Crippen LogP contribution >= 0.6 is 11.8 Å². The van der Waals surface area contributed by atoms with Crippen LogP contribution < -0.4 is 5.32 Å². The molecule has 0 amide bonds. The van der Waals surface area contributed by atoms with Gasteiger partial charge in [0.25, 0.3) is 0 Å². The predicted molar refractivity (Wildman–Crippen MR) is 61.0 cm³/mol. The van der Waals surface area contributed by atoms with Crippen LogP contribution in [0.3, 0.4) is 0 Å². The van der Waals surface area contributed by atoms with Gasteiger partial charge in [-0.1, -0.05) is 30.3 Å². The van der Waals surface area contributed by atoms with Crippen LogP contribution in [0.4, 0.5) is 0 Å². The van der Waals surface area contributed by atoms with Crippen molar-refractivity contribution in [3.05, 3.63) is 35.9 Å². The second kappa shape index (κ2) is 4.68. The van der Waals surface area contributed by atoms with E-state index in [0.717, 1.165) is 6.42 Å². The fourth-order valence-corrected chi connectivity index (χ4v) is 2.86. The highest BCUT2D eigenvalue weighted by Gasteiger charge is 2.29. The molecule has 1 aromatic carbocycles. The lowest BCUT2D eigenvalue weighted by Gasteiger charge is -2.10. The van der Waals surface area contributed by atoms with Crippen molar-refractivity contribution in [2.45, 2.75) is 17.8 Å². The standard InChI is InChI=1S/C11H13NO2S/c13-11(14)9-7-15-10(12-9)6-8-4-2-1-3-5-8/h1-5,9-10,12H,6-7H2,(H,13,14)/t9-,10+/m0/s1. The summed E-state index contributed by atoms with van der Waals surface area (Å²) in [5, 5.41) is 12.2. The highest BCUT2D eigenvalue weighted by atomic mass is 32.2. The van der Waals surface area contributed by atoms with E-state index < -0.39 is 5.97 Å². The predicted octanol–water partition coefficient (Wildman–Crippen LogP) is 1.34. The van der Waals surface area contributed by atoms with Crippen molar-refractivity contribution in [2.75, 3.05) is 5.75 Å². The Morgan fingerprint density at radius 2 is 2.20 bits per heavy atom. The number of carboxylic acid groups (broad SMARTS) is 1. The van der Waals surface area contributed by atoms with Crippen LogP contribution in [-0.2, 0) is 11.2 Å². The summed E-state index contributed by atoms with van der Waals surface area (Å²) in [5.74, 6) is -0.0922. The zero-order valence-corrected chi connectivity index (χ0v) is 9.04. The van der Waals surface area contributed by atoms with E-state index in [9.17, 15) is 4.79 Å². The minimum atomic E-state index is -0.752. The molecule has 1 saturated heterocycles. The number of aliphatic carboxylic acids is 1. The Hall–Kier alpha value is -1.00. The lowest BCUT2D eigenvalue weighted by atomic mass is 10.1. The molecule has 0 aromatic heterocycles. The molecule has 4 heteroatoms. The lowest BCUT2D eigenvalue weighted by molar-refractivity contribution is -0.138. The first kappa shape index (κ1) is 10.5. The maximum Gasteiger partial charge on any atom is 0.321 e. The Balaban J connectivity index is 1.90. The number of carboxylic acids is 1. The minimum absolute atomic E-state index is 0.230. The van der Waals surface area contributed by atoms with Crippen molar-refractivity contribution < 1.29 is 9.90 Å². The third-order valence-electron chi connectivity index (χ3n) is 2.41. The van der Waals surface area contributed by atoms with Gasteiger partial charge in [0, 0.05) is 5.75 Å². The highest BCUT2D eigenvalue weighted by molar-refractivity contribution is 8.00. The summed E-state index contributed by atoms with van der Waals surface area (Å²) in [4.78, 5) is 10.7. The van der Waals surface area contributed by atoms with Crippen LogP contribution in [0.2, 0.25) is 0 Å². The average molecular weight is 223 g/mol. The zero-order valence-electron chi connectivity index (χ0n) is 8.22. The Labute approximate surface area is 92.9 Å². The highest BCUT2D eigenvalue weighted by Crippen LogP contribution is 2.22. The van der Waals surface area contributed by atoms with Gasteiger partial charge in [0.1, 0.15) is 6.04 Å². The Morgan fingerprint density at radius 1 is 1.47 bits per heavy atom. The Kier molecular flexibility index (Phi) is 3.28. The van der Waals surface area contributed by atoms with Gasteiger partial charge in [0.2, 0.25) is 0 Å². The van der Waals surface area contributed by atoms with Crippen LogP contribution in [0.5, 0.6) is 0 Å². The molecule has 0 spiro atoms. The molecule has 3 nitrogen and oxygen atoms in total. The summed E-state index contributed by atoms with van der Waals surface area (Å²) in [6.07, 6.45) is 0.884. The quantitative estimate of drug-likeness (QED) is 0.812. The fraction of sp³-hybridized carbons (Fsp3) is 0.364. The summed E-state index contributed by atoms with van der Waals surface area (Å²) in [6, 6.07) is 9.74. The molecular weight excluding hydrogens is 210 g/mol. The number of nitrogens with one attached hydrogen (secondary N) is 1. The number of thioether (sulfide) groups is 1. The Bertz CT molecular complexity index is 342. The molecular formula is C11H13NO2S. The minimum Gasteiger partial charge on any atom is -0.480 e. The molecule has 1 heterocycles. The first-order valence-corrected chi connectivity index (χ1v) is 5.95. The molecule has 0 unspecified atom stereocenters. The molecule has 0 radical (unpaired) electrons. The van der Waals surface area contributed by atoms with Gasteiger partial charge < -0.3 is 5.11 Å². The molecule has 1 aromatic rings. The van der Waals surface area contributed by atoms with E-state index in [4.69, 9.17) is 5.11 Å². The lowest BCUT2D eigenvalue weighted by Crippen LogP contribution is -2.37. The number of rotatable bonds is 3. The van der Waals surface area contributed by atoms with E-state index in [1.165, 1.54) is 5.56 Å². The van der Waals surface area contributed by atoms with Gasteiger partial charge in [-0.25, -0.2) is 0 Å². The molecule has 1 fully saturated rings.